The quantitative estimate of drug-likeness (QED) is 0.654. The fourth-order valence-corrected chi connectivity index (χ4v) is 2.45. The first-order valence-corrected chi connectivity index (χ1v) is 5.88. The van der Waals surface area contributed by atoms with Crippen LogP contribution in [0.1, 0.15) is 19.8 Å². The maximum absolute atomic E-state index is 11.0. The highest BCUT2D eigenvalue weighted by molar-refractivity contribution is 7.98. The Bertz CT molecular complexity index is 153. The molecular weight excluding hydrogens is 170 g/mol. The SMILES string of the molecule is CSCC1CCN(C(C)=O)CC1. The molecule has 0 aliphatic carbocycles. The molecule has 0 radical (unpaired) electrons. The Balaban J connectivity index is 2.25. The van der Waals surface area contributed by atoms with E-state index in [-0.39, 0.29) is 5.91 Å². The van der Waals surface area contributed by atoms with Crippen molar-refractivity contribution in [2.24, 2.45) is 5.92 Å². The van der Waals surface area contributed by atoms with E-state index in [2.05, 4.69) is 6.26 Å². The summed E-state index contributed by atoms with van der Waals surface area (Å²) in [5.41, 5.74) is 0. The summed E-state index contributed by atoms with van der Waals surface area (Å²) in [5, 5.41) is 0. The lowest BCUT2D eigenvalue weighted by Crippen LogP contribution is -2.37. The van der Waals surface area contributed by atoms with Gasteiger partial charge in [0.1, 0.15) is 0 Å². The molecule has 0 saturated carbocycles. The van der Waals surface area contributed by atoms with Gasteiger partial charge >= 0.3 is 0 Å². The summed E-state index contributed by atoms with van der Waals surface area (Å²) in [6, 6.07) is 0. The van der Waals surface area contributed by atoms with E-state index in [0.717, 1.165) is 19.0 Å². The molecule has 0 atom stereocenters. The van der Waals surface area contributed by atoms with Crippen molar-refractivity contribution < 1.29 is 4.79 Å². The first-order chi connectivity index (χ1) is 5.74. The number of hydrogen-bond donors (Lipinski definition) is 0. The molecule has 0 aromatic heterocycles. The molecule has 0 aromatic carbocycles. The molecule has 1 aliphatic rings. The zero-order chi connectivity index (χ0) is 8.97. The minimum Gasteiger partial charge on any atom is -0.343 e. The first-order valence-electron chi connectivity index (χ1n) is 4.48. The van der Waals surface area contributed by atoms with E-state index in [1.807, 2.05) is 16.7 Å². The standard InChI is InChI=1S/C9H17NOS/c1-8(11)10-5-3-9(4-6-10)7-12-2/h9H,3-7H2,1-2H3. The molecular formula is C9H17NOS. The van der Waals surface area contributed by atoms with E-state index in [4.69, 9.17) is 0 Å². The van der Waals surface area contributed by atoms with Crippen molar-refractivity contribution in [3.8, 4) is 0 Å². The zero-order valence-electron chi connectivity index (χ0n) is 7.88. The Kier molecular flexibility index (Phi) is 3.92. The predicted octanol–water partition coefficient (Wildman–Crippen LogP) is 1.61. The van der Waals surface area contributed by atoms with Gasteiger partial charge in [0.15, 0.2) is 0 Å². The third-order valence-corrected chi connectivity index (χ3v) is 3.27. The molecule has 12 heavy (non-hydrogen) atoms. The fourth-order valence-electron chi connectivity index (χ4n) is 1.65. The van der Waals surface area contributed by atoms with Crippen molar-refractivity contribution in [2.75, 3.05) is 25.1 Å². The van der Waals surface area contributed by atoms with Crippen molar-refractivity contribution in [2.45, 2.75) is 19.8 Å². The third-order valence-electron chi connectivity index (χ3n) is 2.46. The molecule has 1 saturated heterocycles. The van der Waals surface area contributed by atoms with Crippen LogP contribution in [-0.2, 0) is 4.79 Å². The van der Waals surface area contributed by atoms with E-state index in [0.29, 0.717) is 0 Å². The lowest BCUT2D eigenvalue weighted by Gasteiger charge is -2.30. The highest BCUT2D eigenvalue weighted by atomic mass is 32.2. The molecule has 0 aromatic rings. The van der Waals surface area contributed by atoms with Crippen LogP contribution in [0.15, 0.2) is 0 Å². The molecule has 0 N–H and O–H groups in total. The smallest absolute Gasteiger partial charge is 0.219 e. The van der Waals surface area contributed by atoms with Crippen molar-refractivity contribution in [1.82, 2.24) is 4.90 Å². The van der Waals surface area contributed by atoms with Crippen LogP contribution < -0.4 is 0 Å². The molecule has 70 valence electrons. The summed E-state index contributed by atoms with van der Waals surface area (Å²) < 4.78 is 0. The average molecular weight is 187 g/mol. The van der Waals surface area contributed by atoms with E-state index in [9.17, 15) is 4.79 Å². The minimum absolute atomic E-state index is 0.234. The summed E-state index contributed by atoms with van der Waals surface area (Å²) in [7, 11) is 0. The number of thioether (sulfide) groups is 1. The normalized spacial score (nSPS) is 19.7. The molecule has 1 amide bonds. The second kappa shape index (κ2) is 4.75. The summed E-state index contributed by atoms with van der Waals surface area (Å²) in [6.45, 7) is 3.61. The number of nitrogens with zero attached hydrogens (tertiary/aromatic N) is 1. The van der Waals surface area contributed by atoms with Gasteiger partial charge in [-0.05, 0) is 30.8 Å². The van der Waals surface area contributed by atoms with Crippen molar-refractivity contribution in [3.05, 3.63) is 0 Å². The largest absolute Gasteiger partial charge is 0.343 e. The van der Waals surface area contributed by atoms with Gasteiger partial charge in [0.25, 0.3) is 0 Å². The zero-order valence-corrected chi connectivity index (χ0v) is 8.69. The van der Waals surface area contributed by atoms with E-state index in [1.165, 1.54) is 18.6 Å². The van der Waals surface area contributed by atoms with Gasteiger partial charge in [-0.25, -0.2) is 0 Å². The molecule has 0 bridgehead atoms. The van der Waals surface area contributed by atoms with E-state index < -0.39 is 0 Å². The summed E-state index contributed by atoms with van der Waals surface area (Å²) in [5.74, 6) is 2.33. The van der Waals surface area contributed by atoms with Gasteiger partial charge in [0.05, 0.1) is 0 Å². The number of piperidine rings is 1. The molecule has 1 rings (SSSR count). The molecule has 0 spiro atoms. The number of amides is 1. The second-order valence-electron chi connectivity index (χ2n) is 3.40. The minimum atomic E-state index is 0.234. The van der Waals surface area contributed by atoms with E-state index in [1.54, 1.807) is 6.92 Å². The van der Waals surface area contributed by atoms with Gasteiger partial charge in [-0.2, -0.15) is 11.8 Å². The summed E-state index contributed by atoms with van der Waals surface area (Å²) >= 11 is 1.91. The Morgan fingerprint density at radius 1 is 1.50 bits per heavy atom. The van der Waals surface area contributed by atoms with Crippen LogP contribution in [0.3, 0.4) is 0 Å². The number of rotatable bonds is 2. The van der Waals surface area contributed by atoms with Crippen LogP contribution in [0.25, 0.3) is 0 Å². The highest BCUT2D eigenvalue weighted by Gasteiger charge is 2.19. The molecule has 1 heterocycles. The van der Waals surface area contributed by atoms with Crippen LogP contribution >= 0.6 is 11.8 Å². The van der Waals surface area contributed by atoms with Gasteiger partial charge in [-0.3, -0.25) is 4.79 Å². The van der Waals surface area contributed by atoms with Crippen molar-refractivity contribution in [1.29, 1.82) is 0 Å². The van der Waals surface area contributed by atoms with Crippen molar-refractivity contribution >= 4 is 17.7 Å². The lowest BCUT2D eigenvalue weighted by molar-refractivity contribution is -0.130. The molecule has 1 aliphatic heterocycles. The Morgan fingerprint density at radius 2 is 2.08 bits per heavy atom. The topological polar surface area (TPSA) is 20.3 Å². The average Bonchev–Trinajstić information content (AvgIpc) is 2.06. The van der Waals surface area contributed by atoms with Gasteiger partial charge in [-0.15, -0.1) is 0 Å². The monoisotopic (exact) mass is 187 g/mol. The number of hydrogen-bond acceptors (Lipinski definition) is 2. The summed E-state index contributed by atoms with van der Waals surface area (Å²) in [6.07, 6.45) is 4.54. The highest BCUT2D eigenvalue weighted by Crippen LogP contribution is 2.20. The van der Waals surface area contributed by atoms with Crippen LogP contribution in [0.4, 0.5) is 0 Å². The fraction of sp³-hybridized carbons (Fsp3) is 0.889. The van der Waals surface area contributed by atoms with E-state index >= 15 is 0 Å². The van der Waals surface area contributed by atoms with Gasteiger partial charge in [0.2, 0.25) is 5.91 Å². The number of carbonyl (C=O) groups excluding carboxylic acids is 1. The van der Waals surface area contributed by atoms with Gasteiger partial charge < -0.3 is 4.90 Å². The van der Waals surface area contributed by atoms with Gasteiger partial charge in [0, 0.05) is 20.0 Å². The number of likely N-dealkylation sites (tertiary alicyclic amines) is 1. The molecule has 1 fully saturated rings. The van der Waals surface area contributed by atoms with Crippen LogP contribution in [0.5, 0.6) is 0 Å². The van der Waals surface area contributed by atoms with Gasteiger partial charge in [-0.1, -0.05) is 0 Å². The predicted molar refractivity (Wildman–Crippen MR) is 53.4 cm³/mol. The van der Waals surface area contributed by atoms with Crippen LogP contribution in [-0.4, -0.2) is 35.9 Å². The van der Waals surface area contributed by atoms with Crippen LogP contribution in [0.2, 0.25) is 0 Å². The second-order valence-corrected chi connectivity index (χ2v) is 4.32. The Labute approximate surface area is 78.7 Å². The third kappa shape index (κ3) is 2.70. The van der Waals surface area contributed by atoms with Crippen LogP contribution in [0, 0.1) is 5.92 Å². The summed E-state index contributed by atoms with van der Waals surface area (Å²) in [4.78, 5) is 12.9. The Hall–Kier alpha value is -0.180. The number of carbonyl (C=O) groups is 1. The Morgan fingerprint density at radius 3 is 2.50 bits per heavy atom. The lowest BCUT2D eigenvalue weighted by atomic mass is 9.99. The maximum atomic E-state index is 11.0. The van der Waals surface area contributed by atoms with Crippen molar-refractivity contribution in [3.63, 3.8) is 0 Å². The molecule has 3 heteroatoms. The maximum Gasteiger partial charge on any atom is 0.219 e. The molecule has 2 nitrogen and oxygen atoms in total. The molecule has 0 unspecified atom stereocenters. The first kappa shape index (κ1) is 9.90.